The van der Waals surface area contributed by atoms with E-state index in [0.29, 0.717) is 16.3 Å². The van der Waals surface area contributed by atoms with E-state index in [4.69, 9.17) is 12.2 Å². The van der Waals surface area contributed by atoms with Crippen molar-refractivity contribution in [3.63, 3.8) is 0 Å². The van der Waals surface area contributed by atoms with Crippen LogP contribution in [-0.4, -0.2) is 25.9 Å². The van der Waals surface area contributed by atoms with E-state index in [2.05, 4.69) is 16.2 Å². The summed E-state index contributed by atoms with van der Waals surface area (Å²) in [4.78, 5) is 12.7. The van der Waals surface area contributed by atoms with E-state index in [9.17, 15) is 4.79 Å². The Hall–Kier alpha value is -1.96. The number of ketones is 1. The lowest BCUT2D eigenvalue weighted by molar-refractivity contribution is 0.102. The van der Waals surface area contributed by atoms with Crippen LogP contribution in [0.25, 0.3) is 5.69 Å². The molecular formula is C19H19N3OS3. The van der Waals surface area contributed by atoms with Gasteiger partial charge in [-0.25, -0.2) is 4.68 Å². The summed E-state index contributed by atoms with van der Waals surface area (Å²) in [7, 11) is 0. The van der Waals surface area contributed by atoms with Gasteiger partial charge in [-0.1, -0.05) is 47.4 Å². The number of carbonyl (C=O) groups excluding carboxylic acids is 1. The third-order valence-electron chi connectivity index (χ3n) is 4.04. The van der Waals surface area contributed by atoms with Gasteiger partial charge in [-0.2, -0.15) is 0 Å². The van der Waals surface area contributed by atoms with Gasteiger partial charge in [-0.05, 0) is 44.3 Å². The van der Waals surface area contributed by atoms with Crippen LogP contribution >= 0.6 is 35.3 Å². The fourth-order valence-electron chi connectivity index (χ4n) is 2.75. The minimum absolute atomic E-state index is 0.103. The molecule has 0 aliphatic heterocycles. The monoisotopic (exact) mass is 401 g/mol. The van der Waals surface area contributed by atoms with Crippen LogP contribution in [0.4, 0.5) is 0 Å². The Morgan fingerprint density at radius 1 is 1.35 bits per heavy atom. The molecule has 0 amide bonds. The average molecular weight is 402 g/mol. The van der Waals surface area contributed by atoms with E-state index in [1.807, 2.05) is 56.3 Å². The summed E-state index contributed by atoms with van der Waals surface area (Å²) >= 11 is 8.26. The maximum absolute atomic E-state index is 12.7. The Labute approximate surface area is 166 Å². The van der Waals surface area contributed by atoms with Crippen LogP contribution in [0.15, 0.2) is 53.4 Å². The van der Waals surface area contributed by atoms with Crippen molar-refractivity contribution in [3.05, 3.63) is 70.0 Å². The zero-order valence-corrected chi connectivity index (χ0v) is 17.1. The molecule has 0 radical (unpaired) electrons. The highest BCUT2D eigenvalue weighted by Crippen LogP contribution is 2.26. The number of aryl methyl sites for hydroxylation is 1. The van der Waals surface area contributed by atoms with Crippen LogP contribution < -0.4 is 0 Å². The molecule has 7 heteroatoms. The second-order valence-corrected chi connectivity index (χ2v) is 8.62. The average Bonchev–Trinajstić information content (AvgIpc) is 3.15. The molecule has 0 unspecified atom stereocenters. The third kappa shape index (κ3) is 3.90. The second-order valence-electron chi connectivity index (χ2n) is 5.78. The molecule has 0 saturated heterocycles. The van der Waals surface area contributed by atoms with E-state index in [1.165, 1.54) is 23.1 Å². The molecule has 1 aromatic carbocycles. The predicted octanol–water partition coefficient (Wildman–Crippen LogP) is 5.24. The minimum atomic E-state index is 0.103. The number of hydrogen-bond donors (Lipinski definition) is 0. The van der Waals surface area contributed by atoms with Crippen molar-refractivity contribution in [2.45, 2.75) is 24.7 Å². The number of thioether (sulfide) groups is 1. The summed E-state index contributed by atoms with van der Waals surface area (Å²) in [5, 5.41) is 4.54. The highest BCUT2D eigenvalue weighted by atomic mass is 32.2. The fourth-order valence-corrected chi connectivity index (χ4v) is 4.99. The van der Waals surface area contributed by atoms with Crippen LogP contribution in [-0.2, 0) is 6.54 Å². The lowest BCUT2D eigenvalue weighted by Gasteiger charge is -2.06. The predicted molar refractivity (Wildman–Crippen MR) is 111 cm³/mol. The first-order chi connectivity index (χ1) is 12.5. The number of hydrogen-bond acceptors (Lipinski definition) is 5. The van der Waals surface area contributed by atoms with Gasteiger partial charge in [0.05, 0.1) is 11.4 Å². The maximum atomic E-state index is 12.7. The van der Waals surface area contributed by atoms with Gasteiger partial charge < -0.3 is 4.57 Å². The largest absolute Gasteiger partial charge is 0.345 e. The van der Waals surface area contributed by atoms with Crippen molar-refractivity contribution in [3.8, 4) is 5.69 Å². The lowest BCUT2D eigenvalue weighted by Crippen LogP contribution is -2.06. The zero-order chi connectivity index (χ0) is 18.7. The quantitative estimate of drug-likeness (QED) is 0.235. The molecule has 0 aliphatic carbocycles. The minimum Gasteiger partial charge on any atom is -0.345 e. The number of nitrogens with zero attached hydrogens (tertiary/aromatic N) is 3. The van der Waals surface area contributed by atoms with Gasteiger partial charge in [0.15, 0.2) is 14.1 Å². The Kier molecular flexibility index (Phi) is 5.90. The van der Waals surface area contributed by atoms with Gasteiger partial charge in [-0.3, -0.25) is 4.79 Å². The standard InChI is InChI=1S/C19H19N3OS3/c1-4-10-21-13(2)11-16(14(21)3)17(23)12-25-18-20-22(19(24)26-18)15-8-6-5-7-9-15/h4-9,11H,1,10,12H2,2-3H3. The van der Waals surface area contributed by atoms with Crippen molar-refractivity contribution in [2.24, 2.45) is 0 Å². The number of rotatable bonds is 7. The van der Waals surface area contributed by atoms with Crippen molar-refractivity contribution >= 4 is 41.1 Å². The van der Waals surface area contributed by atoms with Crippen molar-refractivity contribution in [1.82, 2.24) is 14.3 Å². The summed E-state index contributed by atoms with van der Waals surface area (Å²) in [6.45, 7) is 8.47. The number of allylic oxidation sites excluding steroid dienone is 1. The molecule has 3 rings (SSSR count). The molecule has 0 N–H and O–H groups in total. The highest BCUT2D eigenvalue weighted by molar-refractivity contribution is 8.01. The van der Waals surface area contributed by atoms with Crippen LogP contribution in [0.5, 0.6) is 0 Å². The van der Waals surface area contributed by atoms with Gasteiger partial charge in [-0.15, -0.1) is 11.7 Å². The Bertz CT molecular complexity index is 999. The number of para-hydroxylation sites is 1. The van der Waals surface area contributed by atoms with Crippen molar-refractivity contribution < 1.29 is 4.79 Å². The second kappa shape index (κ2) is 8.16. The van der Waals surface area contributed by atoms with Crippen LogP contribution in [0.2, 0.25) is 0 Å². The van der Waals surface area contributed by atoms with Crippen molar-refractivity contribution in [1.29, 1.82) is 0 Å². The normalized spacial score (nSPS) is 10.8. The Morgan fingerprint density at radius 2 is 2.08 bits per heavy atom. The molecule has 0 fully saturated rings. The summed E-state index contributed by atoms with van der Waals surface area (Å²) in [5.41, 5.74) is 3.75. The molecule has 26 heavy (non-hydrogen) atoms. The summed E-state index contributed by atoms with van der Waals surface area (Å²) < 4.78 is 5.31. The number of benzene rings is 1. The van der Waals surface area contributed by atoms with Gasteiger partial charge >= 0.3 is 0 Å². The van der Waals surface area contributed by atoms with Gasteiger partial charge in [0.1, 0.15) is 0 Å². The molecule has 0 spiro atoms. The summed E-state index contributed by atoms with van der Waals surface area (Å²) in [6.07, 6.45) is 1.84. The molecule has 0 saturated carbocycles. The smallest absolute Gasteiger partial charge is 0.184 e. The SMILES string of the molecule is C=CCn1c(C)cc(C(=O)CSc2nn(-c3ccccc3)c(=S)s2)c1C. The summed E-state index contributed by atoms with van der Waals surface area (Å²) in [6, 6.07) is 11.7. The number of aromatic nitrogens is 3. The molecule has 134 valence electrons. The molecule has 3 aromatic rings. The molecule has 2 heterocycles. The topological polar surface area (TPSA) is 39.8 Å². The summed E-state index contributed by atoms with van der Waals surface area (Å²) in [5.74, 6) is 0.445. The van der Waals surface area contributed by atoms with Crippen LogP contribution in [0.3, 0.4) is 0 Å². The first-order valence-corrected chi connectivity index (χ1v) is 10.3. The molecule has 0 atom stereocenters. The van der Waals surface area contributed by atoms with Gasteiger partial charge in [0, 0.05) is 23.5 Å². The number of carbonyl (C=O) groups is 1. The van der Waals surface area contributed by atoms with Gasteiger partial charge in [0.25, 0.3) is 0 Å². The number of Topliss-reactive ketones (excluding diaryl/α,β-unsaturated/α-hetero) is 1. The zero-order valence-electron chi connectivity index (χ0n) is 14.6. The molecule has 4 nitrogen and oxygen atoms in total. The van der Waals surface area contributed by atoms with E-state index in [0.717, 1.165) is 27.0 Å². The maximum Gasteiger partial charge on any atom is 0.184 e. The molecular weight excluding hydrogens is 382 g/mol. The first kappa shape index (κ1) is 18.8. The van der Waals surface area contributed by atoms with Crippen LogP contribution in [0.1, 0.15) is 21.7 Å². The highest BCUT2D eigenvalue weighted by Gasteiger charge is 2.16. The molecule has 2 aromatic heterocycles. The Morgan fingerprint density at radius 3 is 2.77 bits per heavy atom. The van der Waals surface area contributed by atoms with Crippen molar-refractivity contribution in [2.75, 3.05) is 5.75 Å². The molecule has 0 aliphatic rings. The fraction of sp³-hybridized carbons (Fsp3) is 0.211. The third-order valence-corrected chi connectivity index (χ3v) is 6.41. The Balaban J connectivity index is 1.74. The van der Waals surface area contributed by atoms with Gasteiger partial charge in [0.2, 0.25) is 0 Å². The van der Waals surface area contributed by atoms with E-state index in [1.54, 1.807) is 4.68 Å². The van der Waals surface area contributed by atoms with Crippen LogP contribution in [0, 0.1) is 17.8 Å². The first-order valence-electron chi connectivity index (χ1n) is 8.10. The van der Waals surface area contributed by atoms with E-state index in [-0.39, 0.29) is 5.78 Å². The van der Waals surface area contributed by atoms with E-state index >= 15 is 0 Å². The van der Waals surface area contributed by atoms with E-state index < -0.39 is 0 Å². The lowest BCUT2D eigenvalue weighted by atomic mass is 10.2. The molecule has 0 bridgehead atoms.